The van der Waals surface area contributed by atoms with Crippen LogP contribution in [0.1, 0.15) is 155 Å². The Labute approximate surface area is 253 Å². The van der Waals surface area contributed by atoms with Crippen molar-refractivity contribution in [1.82, 2.24) is 10.2 Å². The Morgan fingerprint density at radius 1 is 0.667 bits per heavy atom. The molecule has 242 valence electrons. The second-order valence-corrected chi connectivity index (χ2v) is 12.0. The number of nitrogens with zero attached hydrogens (tertiary/aromatic N) is 1. The highest BCUT2D eigenvalue weighted by atomic mass is 16.4. The van der Waals surface area contributed by atoms with E-state index in [-0.39, 0.29) is 36.4 Å². The van der Waals surface area contributed by atoms with E-state index in [0.29, 0.717) is 45.2 Å². The van der Waals surface area contributed by atoms with Crippen LogP contribution < -0.4 is 5.32 Å². The lowest BCUT2D eigenvalue weighted by atomic mass is 9.94. The molecule has 9 heteroatoms. The molecule has 1 heterocycles. The van der Waals surface area contributed by atoms with E-state index < -0.39 is 18.0 Å². The summed E-state index contributed by atoms with van der Waals surface area (Å²) in [5, 5.41) is 20.6. The van der Waals surface area contributed by atoms with Crippen molar-refractivity contribution in [1.29, 1.82) is 0 Å². The minimum Gasteiger partial charge on any atom is -0.481 e. The Kier molecular flexibility index (Phi) is 21.5. The van der Waals surface area contributed by atoms with Crippen LogP contribution in [0.25, 0.3) is 0 Å². The van der Waals surface area contributed by atoms with Gasteiger partial charge in [0.05, 0.1) is 0 Å². The third-order valence-electron chi connectivity index (χ3n) is 8.47. The van der Waals surface area contributed by atoms with Gasteiger partial charge in [0, 0.05) is 44.7 Å². The van der Waals surface area contributed by atoms with E-state index >= 15 is 0 Å². The molecule has 0 aromatic rings. The van der Waals surface area contributed by atoms with Gasteiger partial charge >= 0.3 is 11.9 Å². The smallest absolute Gasteiger partial charge is 0.326 e. The molecule has 0 bridgehead atoms. The van der Waals surface area contributed by atoms with Crippen LogP contribution in [0.4, 0.5) is 0 Å². The van der Waals surface area contributed by atoms with E-state index in [4.69, 9.17) is 5.11 Å². The highest BCUT2D eigenvalue weighted by Crippen LogP contribution is 2.20. The van der Waals surface area contributed by atoms with Gasteiger partial charge in [0.15, 0.2) is 0 Å². The van der Waals surface area contributed by atoms with Gasteiger partial charge in [-0.3, -0.25) is 19.2 Å². The summed E-state index contributed by atoms with van der Waals surface area (Å²) in [6, 6.07) is -1.05. The Morgan fingerprint density at radius 3 is 1.50 bits per heavy atom. The monoisotopic (exact) mass is 594 g/mol. The highest BCUT2D eigenvalue weighted by Gasteiger charge is 2.30. The quantitative estimate of drug-likeness (QED) is 0.0951. The van der Waals surface area contributed by atoms with Crippen molar-refractivity contribution in [3.8, 4) is 0 Å². The fourth-order valence-corrected chi connectivity index (χ4v) is 5.61. The van der Waals surface area contributed by atoms with Crippen molar-refractivity contribution in [2.24, 2.45) is 5.92 Å². The molecule has 1 saturated heterocycles. The average molecular weight is 595 g/mol. The Balaban J connectivity index is 1.98. The number of carboxylic acid groups (broad SMARTS) is 2. The number of ketones is 1. The zero-order valence-electron chi connectivity index (χ0n) is 26.2. The molecule has 0 aromatic heterocycles. The lowest BCUT2D eigenvalue weighted by Crippen LogP contribution is -2.47. The number of unbranched alkanes of at least 4 members (excludes halogenated alkanes) is 15. The number of aliphatic carboxylic acids is 2. The summed E-state index contributed by atoms with van der Waals surface area (Å²) < 4.78 is 0. The normalized spacial score (nSPS) is 14.5. The number of amides is 2. The van der Waals surface area contributed by atoms with Gasteiger partial charge < -0.3 is 20.4 Å². The first-order valence-electron chi connectivity index (χ1n) is 16.8. The van der Waals surface area contributed by atoms with Crippen LogP contribution >= 0.6 is 0 Å². The van der Waals surface area contributed by atoms with Crippen LogP contribution in [-0.4, -0.2) is 63.8 Å². The van der Waals surface area contributed by atoms with Crippen LogP contribution in [0.2, 0.25) is 0 Å². The minimum absolute atomic E-state index is 0.0172. The predicted molar refractivity (Wildman–Crippen MR) is 164 cm³/mol. The fraction of sp³-hybridized carbons (Fsp3) is 0.848. The summed E-state index contributed by atoms with van der Waals surface area (Å²) in [6.45, 7) is 2.79. The molecule has 0 saturated carbocycles. The number of carbonyl (C=O) groups is 5. The molecule has 0 aliphatic carbocycles. The molecule has 1 unspecified atom stereocenters. The van der Waals surface area contributed by atoms with Crippen molar-refractivity contribution < 1.29 is 34.2 Å². The van der Waals surface area contributed by atoms with E-state index in [2.05, 4.69) is 5.32 Å². The molecule has 0 aromatic carbocycles. The number of piperidine rings is 1. The molecule has 9 nitrogen and oxygen atoms in total. The van der Waals surface area contributed by atoms with Gasteiger partial charge in [-0.05, 0) is 32.1 Å². The average Bonchev–Trinajstić information content (AvgIpc) is 2.97. The second-order valence-electron chi connectivity index (χ2n) is 12.0. The minimum atomic E-state index is -1.12. The maximum atomic E-state index is 12.6. The number of rotatable bonds is 26. The number of hydrogen-bond acceptors (Lipinski definition) is 5. The molecule has 1 fully saturated rings. The van der Waals surface area contributed by atoms with Gasteiger partial charge in [0.2, 0.25) is 11.8 Å². The van der Waals surface area contributed by atoms with Crippen molar-refractivity contribution in [2.75, 3.05) is 13.1 Å². The second kappa shape index (κ2) is 24.0. The summed E-state index contributed by atoms with van der Waals surface area (Å²) in [5.74, 6) is -2.28. The standard InChI is InChI=1S/C33H58N2O7/c1-2-28(36)21-22-29(33(41)42)34-32(40)27-23-25-35(26-24-27)30(37)19-17-15-13-11-9-7-5-3-4-6-8-10-12-14-16-18-20-31(38)39/h27,29H,2-26H2,1H3,(H,34,40)(H,38,39)(H,41,42). The molecule has 0 spiro atoms. The molecule has 1 aliphatic heterocycles. The van der Waals surface area contributed by atoms with Crippen molar-refractivity contribution in [3.63, 3.8) is 0 Å². The van der Waals surface area contributed by atoms with Gasteiger partial charge in [0.25, 0.3) is 0 Å². The van der Waals surface area contributed by atoms with Crippen LogP contribution in [0, 0.1) is 5.92 Å². The maximum absolute atomic E-state index is 12.6. The summed E-state index contributed by atoms with van der Waals surface area (Å²) in [6.07, 6.45) is 21.4. The summed E-state index contributed by atoms with van der Waals surface area (Å²) >= 11 is 0. The van der Waals surface area contributed by atoms with Crippen molar-refractivity contribution >= 4 is 29.5 Å². The van der Waals surface area contributed by atoms with Crippen LogP contribution in [0.5, 0.6) is 0 Å². The Bertz CT molecular complexity index is 793. The molecule has 1 aliphatic rings. The van der Waals surface area contributed by atoms with E-state index in [1.165, 1.54) is 64.2 Å². The molecule has 42 heavy (non-hydrogen) atoms. The lowest BCUT2D eigenvalue weighted by Gasteiger charge is -2.32. The molecule has 3 N–H and O–H groups in total. The molecule has 1 rings (SSSR count). The SMILES string of the molecule is CCC(=O)CCC(NC(=O)C1CCN(C(=O)CCCCCCCCCCCCCCCCCCC(=O)O)CC1)C(=O)O. The molecular weight excluding hydrogens is 536 g/mol. The predicted octanol–water partition coefficient (Wildman–Crippen LogP) is 6.66. The molecule has 1 atom stereocenters. The van der Waals surface area contributed by atoms with Gasteiger partial charge in [0.1, 0.15) is 11.8 Å². The number of nitrogens with one attached hydrogen (secondary N) is 1. The van der Waals surface area contributed by atoms with E-state index in [0.717, 1.165) is 38.5 Å². The van der Waals surface area contributed by atoms with Gasteiger partial charge in [-0.15, -0.1) is 0 Å². The Hall–Kier alpha value is -2.45. The molecule has 0 radical (unpaired) electrons. The zero-order chi connectivity index (χ0) is 31.0. The third kappa shape index (κ3) is 18.9. The third-order valence-corrected chi connectivity index (χ3v) is 8.47. The summed E-state index contributed by atoms with van der Waals surface area (Å²) in [5.41, 5.74) is 0. The van der Waals surface area contributed by atoms with E-state index in [9.17, 15) is 29.1 Å². The number of Topliss-reactive ketones (excluding diaryl/α,β-unsaturated/α-hetero) is 1. The molecule has 2 amide bonds. The first kappa shape index (κ1) is 37.6. The van der Waals surface area contributed by atoms with Crippen LogP contribution in [0.3, 0.4) is 0 Å². The number of likely N-dealkylation sites (tertiary alicyclic amines) is 1. The van der Waals surface area contributed by atoms with E-state index in [1.54, 1.807) is 6.92 Å². The number of carbonyl (C=O) groups excluding carboxylic acids is 3. The first-order valence-corrected chi connectivity index (χ1v) is 16.8. The summed E-state index contributed by atoms with van der Waals surface area (Å²) in [4.78, 5) is 60.5. The fourth-order valence-electron chi connectivity index (χ4n) is 5.61. The first-order chi connectivity index (χ1) is 20.2. The maximum Gasteiger partial charge on any atom is 0.326 e. The van der Waals surface area contributed by atoms with Crippen LogP contribution in [-0.2, 0) is 24.0 Å². The Morgan fingerprint density at radius 2 is 1.10 bits per heavy atom. The zero-order valence-corrected chi connectivity index (χ0v) is 26.2. The largest absolute Gasteiger partial charge is 0.481 e. The van der Waals surface area contributed by atoms with Crippen molar-refractivity contribution in [2.45, 2.75) is 161 Å². The number of hydrogen-bond donors (Lipinski definition) is 3. The van der Waals surface area contributed by atoms with Crippen LogP contribution in [0.15, 0.2) is 0 Å². The summed E-state index contributed by atoms with van der Waals surface area (Å²) in [7, 11) is 0. The highest BCUT2D eigenvalue weighted by molar-refractivity contribution is 5.86. The van der Waals surface area contributed by atoms with Crippen molar-refractivity contribution in [3.05, 3.63) is 0 Å². The van der Waals surface area contributed by atoms with Gasteiger partial charge in [-0.1, -0.05) is 96.8 Å². The van der Waals surface area contributed by atoms with Gasteiger partial charge in [-0.2, -0.15) is 0 Å². The van der Waals surface area contributed by atoms with E-state index in [1.807, 2.05) is 4.90 Å². The van der Waals surface area contributed by atoms with Gasteiger partial charge in [-0.25, -0.2) is 4.79 Å². The number of carboxylic acids is 2. The topological polar surface area (TPSA) is 141 Å². The lowest BCUT2D eigenvalue weighted by molar-refractivity contribution is -0.143. The molecular formula is C33H58N2O7.